The van der Waals surface area contributed by atoms with E-state index in [1.807, 2.05) is 0 Å². The number of hydrogen-bond donors (Lipinski definition) is 1. The van der Waals surface area contributed by atoms with Crippen molar-refractivity contribution in [2.24, 2.45) is 0 Å². The maximum atomic E-state index is 13.0. The first-order chi connectivity index (χ1) is 14.2. The Hall–Kier alpha value is -3.02. The first kappa shape index (κ1) is 21.7. The molecule has 0 radical (unpaired) electrons. The van der Waals surface area contributed by atoms with Gasteiger partial charge >= 0.3 is 6.18 Å². The number of nitrogens with zero attached hydrogens (tertiary/aromatic N) is 1. The Kier molecular flexibility index (Phi) is 6.34. The summed E-state index contributed by atoms with van der Waals surface area (Å²) in [4.78, 5) is 12.4. The van der Waals surface area contributed by atoms with Gasteiger partial charge in [0.15, 0.2) is 0 Å². The molecule has 2 aromatic carbocycles. The molecule has 1 aromatic heterocycles. The summed E-state index contributed by atoms with van der Waals surface area (Å²) in [5, 5.41) is 12.0. The third-order valence-corrected chi connectivity index (χ3v) is 4.98. The van der Waals surface area contributed by atoms with Crippen molar-refractivity contribution < 1.29 is 22.4 Å². The van der Waals surface area contributed by atoms with Crippen LogP contribution in [-0.2, 0) is 11.0 Å². The SMILES string of the molecule is N#CC(=Cc1ccc(-c2cc(C(F)(F)F)ccc2Cl)o1)C(=O)Nc1ccccc1Br. The normalized spacial score (nSPS) is 11.8. The summed E-state index contributed by atoms with van der Waals surface area (Å²) in [6.07, 6.45) is -3.34. The molecule has 3 rings (SSSR count). The lowest BCUT2D eigenvalue weighted by molar-refractivity contribution is -0.137. The van der Waals surface area contributed by atoms with Crippen LogP contribution in [0, 0.1) is 11.3 Å². The Morgan fingerprint density at radius 3 is 2.57 bits per heavy atom. The summed E-state index contributed by atoms with van der Waals surface area (Å²) >= 11 is 9.31. The number of benzene rings is 2. The summed E-state index contributed by atoms with van der Waals surface area (Å²) in [6, 6.07) is 14.3. The standard InChI is InChI=1S/C21H11BrClF3N2O2/c22-16-3-1-2-4-18(16)28-20(29)12(11-27)9-14-6-8-19(30-14)15-10-13(21(24,25)26)5-7-17(15)23/h1-10H,(H,28,29). The van der Waals surface area contributed by atoms with Crippen molar-refractivity contribution in [2.75, 3.05) is 5.32 Å². The van der Waals surface area contributed by atoms with Gasteiger partial charge in [0.25, 0.3) is 5.91 Å². The molecular weight excluding hydrogens is 485 g/mol. The number of furan rings is 1. The molecule has 1 heterocycles. The van der Waals surface area contributed by atoms with Crippen molar-refractivity contribution in [3.8, 4) is 17.4 Å². The fourth-order valence-electron chi connectivity index (χ4n) is 2.51. The first-order valence-corrected chi connectivity index (χ1v) is 9.51. The summed E-state index contributed by atoms with van der Waals surface area (Å²) in [5.41, 5.74) is -0.607. The molecule has 0 atom stereocenters. The van der Waals surface area contributed by atoms with Crippen molar-refractivity contribution in [2.45, 2.75) is 6.18 Å². The average molecular weight is 496 g/mol. The van der Waals surface area contributed by atoms with Crippen LogP contribution in [0.5, 0.6) is 0 Å². The second kappa shape index (κ2) is 8.78. The van der Waals surface area contributed by atoms with Crippen LogP contribution in [0.1, 0.15) is 11.3 Å². The van der Waals surface area contributed by atoms with Crippen LogP contribution in [0.15, 0.2) is 69.1 Å². The van der Waals surface area contributed by atoms with Crippen LogP contribution in [0.3, 0.4) is 0 Å². The number of halogens is 5. The van der Waals surface area contributed by atoms with Gasteiger partial charge in [-0.25, -0.2) is 0 Å². The minimum absolute atomic E-state index is 0.0438. The van der Waals surface area contributed by atoms with Crippen molar-refractivity contribution in [1.29, 1.82) is 5.26 Å². The van der Waals surface area contributed by atoms with Gasteiger partial charge in [-0.05, 0) is 58.4 Å². The summed E-state index contributed by atoms with van der Waals surface area (Å²) in [5.74, 6) is -0.488. The second-order valence-electron chi connectivity index (χ2n) is 6.00. The van der Waals surface area contributed by atoms with Crippen molar-refractivity contribution >= 4 is 45.2 Å². The monoisotopic (exact) mass is 494 g/mol. The largest absolute Gasteiger partial charge is 0.457 e. The minimum atomic E-state index is -4.54. The Balaban J connectivity index is 1.88. The molecule has 152 valence electrons. The topological polar surface area (TPSA) is 66.0 Å². The average Bonchev–Trinajstić information content (AvgIpc) is 3.15. The van der Waals surface area contributed by atoms with Gasteiger partial charge in [-0.2, -0.15) is 18.4 Å². The second-order valence-corrected chi connectivity index (χ2v) is 7.26. The zero-order valence-corrected chi connectivity index (χ0v) is 17.3. The molecule has 0 unspecified atom stereocenters. The summed E-state index contributed by atoms with van der Waals surface area (Å²) in [6.45, 7) is 0. The van der Waals surface area contributed by atoms with Gasteiger partial charge in [-0.15, -0.1) is 0 Å². The Morgan fingerprint density at radius 1 is 1.17 bits per heavy atom. The van der Waals surface area contributed by atoms with Gasteiger partial charge in [0.2, 0.25) is 0 Å². The van der Waals surface area contributed by atoms with Gasteiger partial charge in [0, 0.05) is 16.1 Å². The number of nitriles is 1. The number of alkyl halides is 3. The van der Waals surface area contributed by atoms with E-state index >= 15 is 0 Å². The van der Waals surface area contributed by atoms with Crippen LogP contribution in [0.4, 0.5) is 18.9 Å². The third-order valence-electron chi connectivity index (χ3n) is 3.96. The molecule has 3 aromatic rings. The number of carbonyl (C=O) groups excluding carboxylic acids is 1. The molecule has 1 amide bonds. The number of carbonyl (C=O) groups is 1. The molecule has 0 saturated carbocycles. The van der Waals surface area contributed by atoms with Crippen LogP contribution in [0.25, 0.3) is 17.4 Å². The first-order valence-electron chi connectivity index (χ1n) is 8.33. The number of amides is 1. The molecule has 0 aliphatic heterocycles. The minimum Gasteiger partial charge on any atom is -0.457 e. The van der Waals surface area contributed by atoms with Gasteiger partial charge in [-0.3, -0.25) is 4.79 Å². The van der Waals surface area contributed by atoms with Gasteiger partial charge in [0.1, 0.15) is 23.2 Å². The molecule has 30 heavy (non-hydrogen) atoms. The quantitative estimate of drug-likeness (QED) is 0.315. The highest BCUT2D eigenvalue weighted by atomic mass is 79.9. The highest BCUT2D eigenvalue weighted by molar-refractivity contribution is 9.10. The van der Waals surface area contributed by atoms with E-state index < -0.39 is 17.6 Å². The van der Waals surface area contributed by atoms with Crippen molar-refractivity contribution in [3.63, 3.8) is 0 Å². The maximum absolute atomic E-state index is 13.0. The number of anilines is 1. The number of nitrogens with one attached hydrogen (secondary N) is 1. The molecule has 4 nitrogen and oxygen atoms in total. The molecular formula is C21H11BrClF3N2O2. The molecule has 0 aliphatic carbocycles. The lowest BCUT2D eigenvalue weighted by Crippen LogP contribution is -2.13. The summed E-state index contributed by atoms with van der Waals surface area (Å²) < 4.78 is 45.0. The van der Waals surface area contributed by atoms with Crippen molar-refractivity contribution in [3.05, 3.63) is 81.0 Å². The van der Waals surface area contributed by atoms with E-state index in [0.717, 1.165) is 18.2 Å². The molecule has 9 heteroatoms. The van der Waals surface area contributed by atoms with E-state index in [2.05, 4.69) is 21.2 Å². The third kappa shape index (κ3) is 4.93. The fraction of sp³-hybridized carbons (Fsp3) is 0.0476. The Bertz CT molecular complexity index is 1180. The maximum Gasteiger partial charge on any atom is 0.416 e. The van der Waals surface area contributed by atoms with Gasteiger partial charge in [0.05, 0.1) is 16.3 Å². The Morgan fingerprint density at radius 2 is 1.90 bits per heavy atom. The lowest BCUT2D eigenvalue weighted by atomic mass is 10.1. The zero-order valence-electron chi connectivity index (χ0n) is 14.9. The van der Waals surface area contributed by atoms with E-state index in [-0.39, 0.29) is 27.7 Å². The molecule has 0 fully saturated rings. The molecule has 0 saturated heterocycles. The van der Waals surface area contributed by atoms with Crippen LogP contribution in [0.2, 0.25) is 5.02 Å². The highest BCUT2D eigenvalue weighted by Gasteiger charge is 2.31. The van der Waals surface area contributed by atoms with Crippen LogP contribution < -0.4 is 5.32 Å². The molecule has 1 N–H and O–H groups in total. The number of rotatable bonds is 4. The zero-order chi connectivity index (χ0) is 21.9. The van der Waals surface area contributed by atoms with Crippen LogP contribution >= 0.6 is 27.5 Å². The Labute approximate surface area is 182 Å². The van der Waals surface area contributed by atoms with Crippen LogP contribution in [-0.4, -0.2) is 5.91 Å². The van der Waals surface area contributed by atoms with Gasteiger partial charge in [-0.1, -0.05) is 23.7 Å². The number of para-hydroxylation sites is 1. The van der Waals surface area contributed by atoms with E-state index in [1.165, 1.54) is 18.2 Å². The molecule has 0 bridgehead atoms. The van der Waals surface area contributed by atoms with E-state index in [4.69, 9.17) is 16.0 Å². The van der Waals surface area contributed by atoms with E-state index in [9.17, 15) is 23.2 Å². The van der Waals surface area contributed by atoms with E-state index in [1.54, 1.807) is 30.3 Å². The van der Waals surface area contributed by atoms with E-state index in [0.29, 0.717) is 10.2 Å². The predicted octanol–water partition coefficient (Wildman–Crippen LogP) is 6.93. The summed E-state index contributed by atoms with van der Waals surface area (Å²) in [7, 11) is 0. The molecule has 0 aliphatic rings. The number of hydrogen-bond acceptors (Lipinski definition) is 3. The van der Waals surface area contributed by atoms with Crippen molar-refractivity contribution in [1.82, 2.24) is 0 Å². The smallest absolute Gasteiger partial charge is 0.416 e. The molecule has 0 spiro atoms. The predicted molar refractivity (Wildman–Crippen MR) is 111 cm³/mol. The fourth-order valence-corrected chi connectivity index (χ4v) is 3.10. The highest BCUT2D eigenvalue weighted by Crippen LogP contribution is 2.36. The van der Waals surface area contributed by atoms with Gasteiger partial charge < -0.3 is 9.73 Å². The lowest BCUT2D eigenvalue weighted by Gasteiger charge is -2.09.